The standard InChI is InChI=1S/C15H10BrN3O4/c16-9-1-2-10-8(5-12(20)23-11(10)6-9)7-22-15(21)13-14(17)19-4-3-18-13/h1-6H,7H2,(H2,17,19). The Bertz CT molecular complexity index is 955. The van der Waals surface area contributed by atoms with E-state index < -0.39 is 11.6 Å². The molecule has 0 fully saturated rings. The van der Waals surface area contributed by atoms with E-state index in [0.717, 1.165) is 4.47 Å². The minimum atomic E-state index is -0.714. The van der Waals surface area contributed by atoms with E-state index >= 15 is 0 Å². The van der Waals surface area contributed by atoms with Crippen molar-refractivity contribution in [2.24, 2.45) is 0 Å². The highest BCUT2D eigenvalue weighted by atomic mass is 79.9. The molecule has 0 saturated carbocycles. The van der Waals surface area contributed by atoms with E-state index in [4.69, 9.17) is 14.9 Å². The van der Waals surface area contributed by atoms with Crippen LogP contribution >= 0.6 is 15.9 Å². The van der Waals surface area contributed by atoms with Gasteiger partial charge >= 0.3 is 11.6 Å². The number of rotatable bonds is 3. The summed E-state index contributed by atoms with van der Waals surface area (Å²) in [5, 5.41) is 0.674. The Labute approximate surface area is 138 Å². The molecule has 0 aliphatic carbocycles. The van der Waals surface area contributed by atoms with Crippen molar-refractivity contribution in [3.63, 3.8) is 0 Å². The Hall–Kier alpha value is -2.74. The van der Waals surface area contributed by atoms with Crippen molar-refractivity contribution in [1.29, 1.82) is 0 Å². The number of hydrogen-bond acceptors (Lipinski definition) is 7. The fourth-order valence-electron chi connectivity index (χ4n) is 2.04. The van der Waals surface area contributed by atoms with E-state index in [1.807, 2.05) is 0 Å². The Morgan fingerprint density at radius 3 is 2.83 bits per heavy atom. The number of halogens is 1. The molecule has 0 radical (unpaired) electrons. The van der Waals surface area contributed by atoms with Gasteiger partial charge in [0.1, 0.15) is 12.2 Å². The summed E-state index contributed by atoms with van der Waals surface area (Å²) in [7, 11) is 0. The van der Waals surface area contributed by atoms with Gasteiger partial charge in [0.2, 0.25) is 0 Å². The van der Waals surface area contributed by atoms with Crippen LogP contribution in [0.1, 0.15) is 16.1 Å². The van der Waals surface area contributed by atoms with Gasteiger partial charge in [-0.3, -0.25) is 0 Å². The summed E-state index contributed by atoms with van der Waals surface area (Å²) in [5.41, 5.74) is 5.91. The predicted octanol–water partition coefficient (Wildman–Crippen LogP) is 2.28. The zero-order valence-electron chi connectivity index (χ0n) is 11.7. The van der Waals surface area contributed by atoms with Crippen LogP contribution in [0.15, 0.2) is 50.3 Å². The molecule has 3 rings (SSSR count). The SMILES string of the molecule is Nc1nccnc1C(=O)OCc1cc(=O)oc2cc(Br)ccc12. The van der Waals surface area contributed by atoms with Crippen molar-refractivity contribution in [3.05, 3.63) is 62.8 Å². The molecule has 8 heteroatoms. The average Bonchev–Trinajstić information content (AvgIpc) is 2.52. The van der Waals surface area contributed by atoms with Gasteiger partial charge in [0, 0.05) is 33.9 Å². The van der Waals surface area contributed by atoms with Crippen LogP contribution in [0.3, 0.4) is 0 Å². The molecule has 2 N–H and O–H groups in total. The van der Waals surface area contributed by atoms with Crippen molar-refractivity contribution in [2.75, 3.05) is 5.73 Å². The van der Waals surface area contributed by atoms with E-state index in [1.165, 1.54) is 18.5 Å². The first-order valence-electron chi connectivity index (χ1n) is 6.50. The van der Waals surface area contributed by atoms with Gasteiger partial charge in [0.25, 0.3) is 0 Å². The van der Waals surface area contributed by atoms with E-state index in [-0.39, 0.29) is 18.1 Å². The number of esters is 1. The summed E-state index contributed by atoms with van der Waals surface area (Å²) in [5.74, 6) is -0.729. The van der Waals surface area contributed by atoms with E-state index in [9.17, 15) is 9.59 Å². The minimum Gasteiger partial charge on any atom is -0.456 e. The van der Waals surface area contributed by atoms with Crippen molar-refractivity contribution in [2.45, 2.75) is 6.61 Å². The first-order chi connectivity index (χ1) is 11.0. The summed E-state index contributed by atoms with van der Waals surface area (Å²) in [4.78, 5) is 31.2. The summed E-state index contributed by atoms with van der Waals surface area (Å²) in [6.45, 7) is -0.113. The van der Waals surface area contributed by atoms with Gasteiger partial charge in [-0.05, 0) is 18.2 Å². The maximum absolute atomic E-state index is 12.0. The largest absolute Gasteiger partial charge is 0.456 e. The quantitative estimate of drug-likeness (QED) is 0.552. The van der Waals surface area contributed by atoms with Crippen LogP contribution < -0.4 is 11.4 Å². The van der Waals surface area contributed by atoms with Crippen molar-refractivity contribution >= 4 is 38.7 Å². The molecule has 116 valence electrons. The van der Waals surface area contributed by atoms with Crippen LogP contribution in [0.4, 0.5) is 5.82 Å². The summed E-state index contributed by atoms with van der Waals surface area (Å²) in [6.07, 6.45) is 2.72. The topological polar surface area (TPSA) is 108 Å². The van der Waals surface area contributed by atoms with Crippen LogP contribution in [-0.4, -0.2) is 15.9 Å². The van der Waals surface area contributed by atoms with Gasteiger partial charge < -0.3 is 14.9 Å². The Balaban J connectivity index is 1.89. The Kier molecular flexibility index (Phi) is 4.07. The summed E-state index contributed by atoms with van der Waals surface area (Å²) >= 11 is 3.31. The first kappa shape index (κ1) is 15.2. The number of carbonyl (C=O) groups excluding carboxylic acids is 1. The van der Waals surface area contributed by atoms with Gasteiger partial charge in [-0.25, -0.2) is 19.6 Å². The number of benzene rings is 1. The monoisotopic (exact) mass is 375 g/mol. The van der Waals surface area contributed by atoms with Gasteiger partial charge in [-0.2, -0.15) is 0 Å². The molecular weight excluding hydrogens is 366 g/mol. The van der Waals surface area contributed by atoms with Gasteiger partial charge in [-0.1, -0.05) is 15.9 Å². The number of carbonyl (C=O) groups is 1. The number of aromatic nitrogens is 2. The number of fused-ring (bicyclic) bond motifs is 1. The lowest BCUT2D eigenvalue weighted by atomic mass is 10.1. The molecule has 1 aromatic carbocycles. The van der Waals surface area contributed by atoms with E-state index in [2.05, 4.69) is 25.9 Å². The second-order valence-corrected chi connectivity index (χ2v) is 5.51. The molecule has 2 heterocycles. The van der Waals surface area contributed by atoms with Crippen molar-refractivity contribution in [3.8, 4) is 0 Å². The molecule has 0 spiro atoms. The maximum Gasteiger partial charge on any atom is 0.361 e. The molecule has 0 amide bonds. The molecule has 0 aliphatic rings. The number of anilines is 1. The first-order valence-corrected chi connectivity index (χ1v) is 7.30. The molecule has 7 nitrogen and oxygen atoms in total. The van der Waals surface area contributed by atoms with Gasteiger partial charge in [-0.15, -0.1) is 0 Å². The lowest BCUT2D eigenvalue weighted by Gasteiger charge is -2.07. The molecule has 3 aromatic rings. The highest BCUT2D eigenvalue weighted by Crippen LogP contribution is 2.22. The highest BCUT2D eigenvalue weighted by Gasteiger charge is 2.15. The number of nitrogens with two attached hydrogens (primary N) is 1. The van der Waals surface area contributed by atoms with Crippen LogP contribution in [-0.2, 0) is 11.3 Å². The third-order valence-electron chi connectivity index (χ3n) is 3.07. The van der Waals surface area contributed by atoms with Gasteiger partial charge in [0.05, 0.1) is 0 Å². The van der Waals surface area contributed by atoms with Gasteiger partial charge in [0.15, 0.2) is 11.5 Å². The molecule has 0 aliphatic heterocycles. The number of hydrogen-bond donors (Lipinski definition) is 1. The summed E-state index contributed by atoms with van der Waals surface area (Å²) < 4.78 is 11.1. The molecule has 2 aromatic heterocycles. The summed E-state index contributed by atoms with van der Waals surface area (Å²) in [6, 6.07) is 6.52. The number of nitrogen functional groups attached to an aromatic ring is 1. The molecular formula is C15H10BrN3O4. The zero-order valence-corrected chi connectivity index (χ0v) is 13.2. The van der Waals surface area contributed by atoms with Crippen LogP contribution in [0.25, 0.3) is 11.0 Å². The third kappa shape index (κ3) is 3.21. The third-order valence-corrected chi connectivity index (χ3v) is 3.56. The maximum atomic E-state index is 12.0. The van der Waals surface area contributed by atoms with E-state index in [0.29, 0.717) is 16.5 Å². The number of ether oxygens (including phenoxy) is 1. The fourth-order valence-corrected chi connectivity index (χ4v) is 2.38. The molecule has 0 saturated heterocycles. The van der Waals surface area contributed by atoms with Crippen molar-refractivity contribution in [1.82, 2.24) is 9.97 Å². The smallest absolute Gasteiger partial charge is 0.361 e. The minimum absolute atomic E-state index is 0.0149. The average molecular weight is 376 g/mol. The number of nitrogens with zero attached hydrogens (tertiary/aromatic N) is 2. The molecule has 23 heavy (non-hydrogen) atoms. The Morgan fingerprint density at radius 2 is 2.04 bits per heavy atom. The Morgan fingerprint density at radius 1 is 1.26 bits per heavy atom. The van der Waals surface area contributed by atoms with Crippen molar-refractivity contribution < 1.29 is 13.9 Å². The molecule has 0 bridgehead atoms. The lowest BCUT2D eigenvalue weighted by molar-refractivity contribution is 0.0468. The van der Waals surface area contributed by atoms with Crippen LogP contribution in [0.5, 0.6) is 0 Å². The molecule has 0 unspecified atom stereocenters. The highest BCUT2D eigenvalue weighted by molar-refractivity contribution is 9.10. The normalized spacial score (nSPS) is 10.7. The van der Waals surface area contributed by atoms with Crippen LogP contribution in [0, 0.1) is 0 Å². The van der Waals surface area contributed by atoms with E-state index in [1.54, 1.807) is 18.2 Å². The zero-order chi connectivity index (χ0) is 16.4. The molecule has 0 atom stereocenters. The second kappa shape index (κ2) is 6.17. The predicted molar refractivity (Wildman–Crippen MR) is 85.7 cm³/mol. The lowest BCUT2D eigenvalue weighted by Crippen LogP contribution is -2.12. The fraction of sp³-hybridized carbons (Fsp3) is 0.0667. The second-order valence-electron chi connectivity index (χ2n) is 4.60. The van der Waals surface area contributed by atoms with Crippen LogP contribution in [0.2, 0.25) is 0 Å².